The van der Waals surface area contributed by atoms with Crippen LogP contribution in [0.4, 0.5) is 0 Å². The SMILES string of the molecule is Cc1ccc2ccccc2c1C=C(CS)B1OC(C)(C)C(C)(C)O1. The van der Waals surface area contributed by atoms with E-state index in [0.717, 1.165) is 5.47 Å². The molecule has 4 heteroatoms. The second-order valence-electron chi connectivity index (χ2n) is 7.48. The zero-order valence-corrected chi connectivity index (χ0v) is 16.0. The Balaban J connectivity index is 2.06. The minimum atomic E-state index is -0.356. The smallest absolute Gasteiger partial charge is 0.400 e. The maximum Gasteiger partial charge on any atom is 0.491 e. The van der Waals surface area contributed by atoms with Crippen molar-refractivity contribution in [2.75, 3.05) is 5.75 Å². The first-order valence-corrected chi connectivity index (χ1v) is 9.04. The van der Waals surface area contributed by atoms with Gasteiger partial charge in [0.2, 0.25) is 0 Å². The summed E-state index contributed by atoms with van der Waals surface area (Å²) in [5, 5.41) is 2.48. The molecule has 0 amide bonds. The molecule has 1 fully saturated rings. The van der Waals surface area contributed by atoms with E-state index in [1.807, 2.05) is 0 Å². The Morgan fingerprint density at radius 2 is 1.67 bits per heavy atom. The highest BCUT2D eigenvalue weighted by molar-refractivity contribution is 7.80. The topological polar surface area (TPSA) is 18.5 Å². The monoisotopic (exact) mass is 340 g/mol. The second-order valence-corrected chi connectivity index (χ2v) is 7.80. The highest BCUT2D eigenvalue weighted by Crippen LogP contribution is 2.39. The quantitative estimate of drug-likeness (QED) is 0.619. The van der Waals surface area contributed by atoms with Crippen LogP contribution in [0.3, 0.4) is 0 Å². The molecule has 3 rings (SSSR count). The number of hydrogen-bond acceptors (Lipinski definition) is 3. The summed E-state index contributed by atoms with van der Waals surface area (Å²) in [7, 11) is -0.356. The number of rotatable bonds is 3. The Hall–Kier alpha value is -1.23. The van der Waals surface area contributed by atoms with Gasteiger partial charge in [0.25, 0.3) is 0 Å². The van der Waals surface area contributed by atoms with Gasteiger partial charge in [-0.1, -0.05) is 42.5 Å². The van der Waals surface area contributed by atoms with E-state index in [1.165, 1.54) is 21.9 Å². The maximum atomic E-state index is 6.20. The summed E-state index contributed by atoms with van der Waals surface area (Å²) >= 11 is 4.53. The van der Waals surface area contributed by atoms with Gasteiger partial charge >= 0.3 is 7.12 Å². The van der Waals surface area contributed by atoms with Crippen LogP contribution in [-0.4, -0.2) is 24.1 Å². The number of hydrogen-bond donors (Lipinski definition) is 1. The number of fused-ring (bicyclic) bond motifs is 1. The lowest BCUT2D eigenvalue weighted by molar-refractivity contribution is 0.00578. The molecule has 0 aromatic heterocycles. The molecule has 1 aliphatic heterocycles. The molecule has 0 bridgehead atoms. The van der Waals surface area contributed by atoms with Crippen LogP contribution in [0.25, 0.3) is 16.8 Å². The fourth-order valence-electron chi connectivity index (χ4n) is 2.96. The van der Waals surface area contributed by atoms with Gasteiger partial charge in [-0.2, -0.15) is 12.6 Å². The van der Waals surface area contributed by atoms with E-state index in [-0.39, 0.29) is 18.3 Å². The van der Waals surface area contributed by atoms with Gasteiger partial charge in [-0.05, 0) is 62.0 Å². The van der Waals surface area contributed by atoms with Crippen LogP contribution in [0.15, 0.2) is 41.9 Å². The van der Waals surface area contributed by atoms with Gasteiger partial charge in [0.15, 0.2) is 0 Å². The lowest BCUT2D eigenvalue weighted by Gasteiger charge is -2.32. The molecule has 0 atom stereocenters. The van der Waals surface area contributed by atoms with Gasteiger partial charge in [0, 0.05) is 5.75 Å². The zero-order chi connectivity index (χ0) is 17.5. The van der Waals surface area contributed by atoms with Crippen molar-refractivity contribution in [3.63, 3.8) is 0 Å². The Morgan fingerprint density at radius 3 is 2.29 bits per heavy atom. The predicted molar refractivity (Wildman–Crippen MR) is 107 cm³/mol. The van der Waals surface area contributed by atoms with E-state index < -0.39 is 0 Å². The molecular weight excluding hydrogens is 315 g/mol. The van der Waals surface area contributed by atoms with Crippen molar-refractivity contribution < 1.29 is 9.31 Å². The van der Waals surface area contributed by atoms with Crippen molar-refractivity contribution in [2.24, 2.45) is 0 Å². The highest BCUT2D eigenvalue weighted by atomic mass is 32.1. The Labute approximate surface area is 150 Å². The average molecular weight is 340 g/mol. The summed E-state index contributed by atoms with van der Waals surface area (Å²) in [4.78, 5) is 0. The van der Waals surface area contributed by atoms with E-state index in [9.17, 15) is 0 Å². The molecule has 1 aliphatic rings. The molecule has 0 spiro atoms. The summed E-state index contributed by atoms with van der Waals surface area (Å²) in [6, 6.07) is 12.8. The summed E-state index contributed by atoms with van der Waals surface area (Å²) in [6.07, 6.45) is 2.19. The zero-order valence-electron chi connectivity index (χ0n) is 15.1. The van der Waals surface area contributed by atoms with Crippen LogP contribution in [0.2, 0.25) is 0 Å². The van der Waals surface area contributed by atoms with Crippen molar-refractivity contribution >= 4 is 36.6 Å². The van der Waals surface area contributed by atoms with Crippen LogP contribution in [0, 0.1) is 6.92 Å². The third kappa shape index (κ3) is 3.03. The first kappa shape index (κ1) is 17.6. The van der Waals surface area contributed by atoms with E-state index in [4.69, 9.17) is 9.31 Å². The number of aryl methyl sites for hydroxylation is 1. The molecule has 2 aromatic rings. The maximum absolute atomic E-state index is 6.20. The van der Waals surface area contributed by atoms with Crippen LogP contribution >= 0.6 is 12.6 Å². The largest absolute Gasteiger partial charge is 0.491 e. The molecule has 0 unspecified atom stereocenters. The standard InChI is InChI=1S/C20H25BO2S/c1-14-10-11-15-8-6-7-9-17(15)18(14)12-16(13-24)21-22-19(2,3)20(4,5)23-21/h6-12,24H,13H2,1-5H3. The first-order chi connectivity index (χ1) is 11.2. The van der Waals surface area contributed by atoms with E-state index in [0.29, 0.717) is 5.75 Å². The summed E-state index contributed by atoms with van der Waals surface area (Å²) in [6.45, 7) is 10.4. The van der Waals surface area contributed by atoms with Crippen molar-refractivity contribution in [2.45, 2.75) is 45.8 Å². The van der Waals surface area contributed by atoms with Crippen molar-refractivity contribution in [1.29, 1.82) is 0 Å². The molecule has 126 valence electrons. The van der Waals surface area contributed by atoms with E-state index in [1.54, 1.807) is 0 Å². The summed E-state index contributed by atoms with van der Waals surface area (Å²) in [5.74, 6) is 0.597. The lowest BCUT2D eigenvalue weighted by atomic mass is 9.77. The third-order valence-corrected chi connectivity index (χ3v) is 5.62. The van der Waals surface area contributed by atoms with Gasteiger partial charge < -0.3 is 9.31 Å². The molecule has 1 heterocycles. The molecular formula is C20H25BO2S. The first-order valence-electron chi connectivity index (χ1n) is 8.40. The molecule has 0 N–H and O–H groups in total. The fraction of sp³-hybridized carbons (Fsp3) is 0.400. The summed E-state index contributed by atoms with van der Waals surface area (Å²) in [5.41, 5.74) is 2.83. The van der Waals surface area contributed by atoms with E-state index >= 15 is 0 Å². The van der Waals surface area contributed by atoms with Crippen molar-refractivity contribution in [3.05, 3.63) is 53.0 Å². The second kappa shape index (κ2) is 6.25. The normalized spacial score (nSPS) is 19.9. The molecule has 0 saturated carbocycles. The third-order valence-electron chi connectivity index (χ3n) is 5.26. The molecule has 2 nitrogen and oxygen atoms in total. The van der Waals surface area contributed by atoms with E-state index in [2.05, 4.69) is 89.7 Å². The van der Waals surface area contributed by atoms with Crippen LogP contribution in [-0.2, 0) is 9.31 Å². The Morgan fingerprint density at radius 1 is 1.04 bits per heavy atom. The van der Waals surface area contributed by atoms with Gasteiger partial charge in [0.1, 0.15) is 0 Å². The van der Waals surface area contributed by atoms with Crippen LogP contribution in [0.5, 0.6) is 0 Å². The molecule has 2 aromatic carbocycles. The molecule has 1 saturated heterocycles. The molecule has 0 radical (unpaired) electrons. The highest BCUT2D eigenvalue weighted by Gasteiger charge is 2.52. The number of benzene rings is 2. The van der Waals surface area contributed by atoms with Crippen LogP contribution < -0.4 is 0 Å². The Kier molecular flexibility index (Phi) is 4.58. The predicted octanol–water partition coefficient (Wildman–Crippen LogP) is 5.09. The molecule has 0 aliphatic carbocycles. The minimum Gasteiger partial charge on any atom is -0.400 e. The van der Waals surface area contributed by atoms with Gasteiger partial charge in [-0.15, -0.1) is 0 Å². The van der Waals surface area contributed by atoms with Gasteiger partial charge in [0.05, 0.1) is 11.2 Å². The summed E-state index contributed by atoms with van der Waals surface area (Å²) < 4.78 is 12.4. The number of thiol groups is 1. The van der Waals surface area contributed by atoms with Crippen molar-refractivity contribution in [1.82, 2.24) is 0 Å². The fourth-order valence-corrected chi connectivity index (χ4v) is 3.20. The van der Waals surface area contributed by atoms with Crippen LogP contribution in [0.1, 0.15) is 38.8 Å². The molecule has 24 heavy (non-hydrogen) atoms. The van der Waals surface area contributed by atoms with Gasteiger partial charge in [-0.3, -0.25) is 0 Å². The average Bonchev–Trinajstić information content (AvgIpc) is 2.74. The lowest BCUT2D eigenvalue weighted by Crippen LogP contribution is -2.41. The van der Waals surface area contributed by atoms with Crippen molar-refractivity contribution in [3.8, 4) is 0 Å². The van der Waals surface area contributed by atoms with Gasteiger partial charge in [-0.25, -0.2) is 0 Å². The minimum absolute atomic E-state index is 0.340. The Bertz CT molecular complexity index is 779.